The molecule has 11 nitrogen and oxygen atoms in total. The summed E-state index contributed by atoms with van der Waals surface area (Å²) in [6, 6.07) is -0.954. The number of carboxylic acids is 1. The minimum atomic E-state index is -1.27. The van der Waals surface area contributed by atoms with Crippen LogP contribution in [0.15, 0.2) is 27.9 Å². The molecule has 0 saturated carbocycles. The molecule has 0 aromatic carbocycles. The Morgan fingerprint density at radius 3 is 2.69 bits per heavy atom. The van der Waals surface area contributed by atoms with E-state index in [0.717, 1.165) is 27.6 Å². The maximum absolute atomic E-state index is 12.9. The third-order valence-corrected chi connectivity index (χ3v) is 8.17. The molecule has 4 N–H and O–H groups in total. The molecule has 0 spiro atoms. The summed E-state index contributed by atoms with van der Waals surface area (Å²) in [6.07, 6.45) is 3.17. The summed E-state index contributed by atoms with van der Waals surface area (Å²) in [5.41, 5.74) is 5.91. The molecule has 0 bridgehead atoms. The number of carbonyl (C=O) groups excluding carboxylic acids is 2. The Kier molecular flexibility index (Phi) is 9.26. The first-order valence-electron chi connectivity index (χ1n) is 9.25. The van der Waals surface area contributed by atoms with Gasteiger partial charge in [0.1, 0.15) is 35.1 Å². The monoisotopic (exact) mass is 584 g/mol. The fraction of sp³-hybridized carbons (Fsp3) is 0.222. The van der Waals surface area contributed by atoms with E-state index in [1.165, 1.54) is 24.3 Å². The van der Waals surface area contributed by atoms with E-state index in [0.29, 0.717) is 10.5 Å². The number of β-lactam (4-membered cyclic amide) rings is 1. The summed E-state index contributed by atoms with van der Waals surface area (Å²) < 4.78 is 0.253. The van der Waals surface area contributed by atoms with Gasteiger partial charge in [-0.15, -0.1) is 34.4 Å². The van der Waals surface area contributed by atoms with Gasteiger partial charge in [-0.1, -0.05) is 34.4 Å². The van der Waals surface area contributed by atoms with E-state index in [1.54, 1.807) is 12.2 Å². The van der Waals surface area contributed by atoms with Crippen molar-refractivity contribution in [3.63, 3.8) is 0 Å². The van der Waals surface area contributed by atoms with Gasteiger partial charge in [-0.2, -0.15) is 0 Å². The molecule has 2 aromatic rings. The number of hydrogen-bond donors (Lipinski definition) is 3. The number of oxime groups is 1. The molecule has 4 heterocycles. The van der Waals surface area contributed by atoms with Crippen LogP contribution in [0.25, 0.3) is 6.08 Å². The number of fused-ring (bicyclic) bond motifs is 1. The number of nitrogen functional groups attached to an aromatic ring is 1. The average molecular weight is 585 g/mol. The molecule has 1 unspecified atom stereocenters. The Morgan fingerprint density at radius 2 is 2.11 bits per heavy atom. The fourth-order valence-electron chi connectivity index (χ4n) is 3.24. The van der Waals surface area contributed by atoms with Crippen LogP contribution in [0.2, 0.25) is 9.62 Å². The van der Waals surface area contributed by atoms with Crippen LogP contribution in [0, 0.1) is 0 Å². The van der Waals surface area contributed by atoms with Gasteiger partial charge in [0.2, 0.25) is 0 Å². The molecule has 17 heteroatoms. The van der Waals surface area contributed by atoms with Gasteiger partial charge in [0, 0.05) is 11.1 Å². The van der Waals surface area contributed by atoms with Crippen molar-refractivity contribution in [2.75, 3.05) is 18.6 Å². The number of amides is 2. The number of halogens is 2. The van der Waals surface area contributed by atoms with Crippen LogP contribution in [0.5, 0.6) is 0 Å². The summed E-state index contributed by atoms with van der Waals surface area (Å²) in [7, 11) is 1.27. The number of nitrogens with two attached hydrogens (primary N) is 1. The van der Waals surface area contributed by atoms with Crippen molar-refractivity contribution in [3.05, 3.63) is 42.9 Å². The van der Waals surface area contributed by atoms with E-state index in [4.69, 9.17) is 33.8 Å². The third kappa shape index (κ3) is 5.69. The summed E-state index contributed by atoms with van der Waals surface area (Å²) in [4.78, 5) is 52.0. The number of aliphatic carboxylic acids is 1. The number of hydrogen-bond acceptors (Lipinski definition) is 11. The number of carbonyl (C=O) groups is 3. The number of nitrogens with one attached hydrogen (secondary N) is 1. The molecule has 0 radical (unpaired) electrons. The molecular formula is C18H15Cl2N6NaO5S3. The second kappa shape index (κ2) is 11.6. The van der Waals surface area contributed by atoms with Crippen LogP contribution >= 0.6 is 57.6 Å². The number of anilines is 1. The predicted molar refractivity (Wildman–Crippen MR) is 138 cm³/mol. The predicted octanol–water partition coefficient (Wildman–Crippen LogP) is 1.64. The van der Waals surface area contributed by atoms with Gasteiger partial charge >= 0.3 is 35.5 Å². The second-order valence-electron chi connectivity index (χ2n) is 6.69. The van der Waals surface area contributed by atoms with Crippen molar-refractivity contribution in [2.24, 2.45) is 5.16 Å². The molecule has 2 aliphatic heterocycles. The van der Waals surface area contributed by atoms with Crippen LogP contribution < -0.4 is 11.1 Å². The zero-order valence-corrected chi connectivity index (χ0v) is 21.0. The first-order valence-corrected chi connectivity index (χ1v) is 12.8. The van der Waals surface area contributed by atoms with Crippen molar-refractivity contribution >= 4 is 122 Å². The standard InChI is InChI=1S/C18H14Cl2N6O5S3.Na.H/c1-31-25-9(7-5-33-18(21)22-7)13(27)23-10-14(28)26-11(16(29)30)6(4-32-15(10)26)2-3-8-12(19)24-17(20)34-8;;/h2-3,5,10,15H,4H2,1H3,(H2,21,22)(H,23,27)(H,29,30);;/b3-2+,25-9+;;/t10?,15-;;/m1../s1. The average Bonchev–Trinajstić information content (AvgIpc) is 3.36. The molecule has 2 aliphatic rings. The Labute approximate surface area is 242 Å². The Morgan fingerprint density at radius 1 is 1.37 bits per heavy atom. The first kappa shape index (κ1) is 27.9. The molecule has 1 fully saturated rings. The molecule has 2 aromatic heterocycles. The van der Waals surface area contributed by atoms with Gasteiger partial charge in [0.15, 0.2) is 15.3 Å². The van der Waals surface area contributed by atoms with Crippen LogP contribution in [0.1, 0.15) is 10.6 Å². The number of aromatic nitrogens is 2. The van der Waals surface area contributed by atoms with Gasteiger partial charge in [0.05, 0.1) is 4.88 Å². The summed E-state index contributed by atoms with van der Waals surface area (Å²) >= 11 is 15.4. The zero-order chi connectivity index (χ0) is 24.6. The number of nitrogens with zero attached hydrogens (tertiary/aromatic N) is 4. The molecule has 2 amide bonds. The second-order valence-corrected chi connectivity index (χ2v) is 10.7. The molecule has 0 aliphatic carbocycles. The topological polar surface area (TPSA) is 160 Å². The Balaban J connectivity index is 0.00000342. The SMILES string of the molecule is CO/N=C(/C(=O)NC1C(=O)N2C(C(=O)O)=C(/C=C/c3sc(Cl)nc3Cl)CS[C@H]12)c1csc(N)n1.[NaH]. The molecule has 4 rings (SSSR count). The Hall–Kier alpha value is -1.65. The van der Waals surface area contributed by atoms with E-state index >= 15 is 0 Å². The van der Waals surface area contributed by atoms with Crippen molar-refractivity contribution in [1.29, 1.82) is 0 Å². The maximum atomic E-state index is 12.9. The number of allylic oxidation sites excluding steroid dienone is 1. The van der Waals surface area contributed by atoms with Crippen LogP contribution in [0.4, 0.5) is 5.13 Å². The van der Waals surface area contributed by atoms with E-state index in [-0.39, 0.29) is 67.2 Å². The minimum absolute atomic E-state index is 0. The van der Waals surface area contributed by atoms with Crippen LogP contribution in [-0.2, 0) is 19.2 Å². The molecule has 2 atom stereocenters. The van der Waals surface area contributed by atoms with Gasteiger partial charge < -0.3 is 21.0 Å². The van der Waals surface area contributed by atoms with Gasteiger partial charge in [0.25, 0.3) is 11.8 Å². The normalized spacial score (nSPS) is 19.8. The summed E-state index contributed by atoms with van der Waals surface area (Å²) in [5.74, 6) is -2.25. The number of thiazole rings is 2. The molecule has 180 valence electrons. The molecule has 35 heavy (non-hydrogen) atoms. The molecule has 1 saturated heterocycles. The van der Waals surface area contributed by atoms with E-state index in [2.05, 4.69) is 20.4 Å². The van der Waals surface area contributed by atoms with Crippen molar-refractivity contribution in [1.82, 2.24) is 20.2 Å². The van der Waals surface area contributed by atoms with Crippen molar-refractivity contribution in [3.8, 4) is 0 Å². The van der Waals surface area contributed by atoms with Crippen LogP contribution in [-0.4, -0.2) is 97.3 Å². The third-order valence-electron chi connectivity index (χ3n) is 4.67. The number of thioether (sulfide) groups is 1. The summed E-state index contributed by atoms with van der Waals surface area (Å²) in [6.45, 7) is 0. The van der Waals surface area contributed by atoms with E-state index in [9.17, 15) is 19.5 Å². The Bertz CT molecular complexity index is 1280. The van der Waals surface area contributed by atoms with Gasteiger partial charge in [-0.3, -0.25) is 14.5 Å². The zero-order valence-electron chi connectivity index (χ0n) is 17.0. The number of rotatable bonds is 7. The van der Waals surface area contributed by atoms with E-state index < -0.39 is 29.2 Å². The van der Waals surface area contributed by atoms with Crippen molar-refractivity contribution in [2.45, 2.75) is 11.4 Å². The van der Waals surface area contributed by atoms with Gasteiger partial charge in [-0.25, -0.2) is 14.8 Å². The van der Waals surface area contributed by atoms with E-state index in [1.807, 2.05) is 0 Å². The van der Waals surface area contributed by atoms with Crippen molar-refractivity contribution < 1.29 is 24.3 Å². The van der Waals surface area contributed by atoms with Crippen LogP contribution in [0.3, 0.4) is 0 Å². The van der Waals surface area contributed by atoms with Gasteiger partial charge in [-0.05, 0) is 11.6 Å². The number of carboxylic acid groups (broad SMARTS) is 1. The first-order chi connectivity index (χ1) is 16.2. The molecular weight excluding hydrogens is 570 g/mol. The summed E-state index contributed by atoms with van der Waals surface area (Å²) in [5, 5.41) is 17.4. The quantitative estimate of drug-likeness (QED) is 0.190. The fourth-order valence-corrected chi connectivity index (χ4v) is 6.38.